The minimum Gasteiger partial charge on any atom is -0.449 e. The largest absolute Gasteiger partial charge is 0.449 e. The lowest BCUT2D eigenvalue weighted by Gasteiger charge is -2.18. The Hall–Kier alpha value is -3.49. The van der Waals surface area contributed by atoms with E-state index in [-0.39, 0.29) is 16.9 Å². The monoisotopic (exact) mass is 375 g/mol. The predicted octanol–water partition coefficient (Wildman–Crippen LogP) is 2.98. The van der Waals surface area contributed by atoms with Crippen molar-refractivity contribution < 1.29 is 23.6 Å². The molecule has 1 N–H and O–H groups in total. The van der Waals surface area contributed by atoms with Crippen LogP contribution in [-0.2, 0) is 9.53 Å². The summed E-state index contributed by atoms with van der Waals surface area (Å²) in [6.45, 7) is 1.35. The van der Waals surface area contributed by atoms with E-state index in [4.69, 9.17) is 4.74 Å². The molecule has 0 fully saturated rings. The van der Waals surface area contributed by atoms with Crippen molar-refractivity contribution in [3.05, 3.63) is 64.0 Å². The van der Waals surface area contributed by atoms with E-state index in [1.807, 2.05) is 0 Å². The number of rotatable bonds is 6. The van der Waals surface area contributed by atoms with Crippen LogP contribution in [0, 0.1) is 15.9 Å². The molecule has 0 aliphatic carbocycles. The lowest BCUT2D eigenvalue weighted by Crippen LogP contribution is -2.30. The molecule has 0 unspecified atom stereocenters. The van der Waals surface area contributed by atoms with Crippen LogP contribution in [0.2, 0.25) is 0 Å². The molecule has 27 heavy (non-hydrogen) atoms. The van der Waals surface area contributed by atoms with Gasteiger partial charge in [0.25, 0.3) is 11.6 Å². The van der Waals surface area contributed by atoms with Crippen LogP contribution in [0.25, 0.3) is 0 Å². The van der Waals surface area contributed by atoms with E-state index in [9.17, 15) is 24.1 Å². The maximum Gasteiger partial charge on any atom is 0.341 e. The molecule has 1 amide bonds. The van der Waals surface area contributed by atoms with Crippen LogP contribution in [0.5, 0.6) is 0 Å². The fourth-order valence-corrected chi connectivity index (χ4v) is 2.28. The zero-order chi connectivity index (χ0) is 20.1. The van der Waals surface area contributed by atoms with Gasteiger partial charge in [-0.25, -0.2) is 9.18 Å². The summed E-state index contributed by atoms with van der Waals surface area (Å²) < 4.78 is 18.3. The Bertz CT molecular complexity index is 885. The molecule has 0 spiro atoms. The molecule has 142 valence electrons. The average Bonchev–Trinajstić information content (AvgIpc) is 2.60. The highest BCUT2D eigenvalue weighted by Crippen LogP contribution is 2.25. The molecule has 0 aromatic heterocycles. The van der Waals surface area contributed by atoms with E-state index >= 15 is 0 Å². The van der Waals surface area contributed by atoms with Crippen molar-refractivity contribution in [2.75, 3.05) is 24.3 Å². The molecule has 8 nitrogen and oxygen atoms in total. The number of nitro groups is 1. The molecule has 2 aromatic rings. The molecular formula is C18H18FN3O5. The second kappa shape index (κ2) is 8.26. The van der Waals surface area contributed by atoms with Gasteiger partial charge in [-0.3, -0.25) is 14.9 Å². The fraction of sp³-hybridized carbons (Fsp3) is 0.222. The first-order valence-corrected chi connectivity index (χ1v) is 7.92. The number of ether oxygens (including phenoxy) is 1. The van der Waals surface area contributed by atoms with Crippen LogP contribution < -0.4 is 10.2 Å². The molecule has 0 aliphatic heterocycles. The molecule has 2 aromatic carbocycles. The maximum atomic E-state index is 13.2. The Morgan fingerprint density at radius 2 is 1.93 bits per heavy atom. The van der Waals surface area contributed by atoms with Gasteiger partial charge in [0.15, 0.2) is 6.10 Å². The topological polar surface area (TPSA) is 102 Å². The number of non-ortho nitro benzene ring substituents is 1. The van der Waals surface area contributed by atoms with Gasteiger partial charge < -0.3 is 15.0 Å². The summed E-state index contributed by atoms with van der Waals surface area (Å²) in [6, 6.07) is 9.04. The highest BCUT2D eigenvalue weighted by molar-refractivity contribution is 6.00. The van der Waals surface area contributed by atoms with Crippen LogP contribution >= 0.6 is 0 Å². The Morgan fingerprint density at radius 1 is 1.22 bits per heavy atom. The second-order valence-corrected chi connectivity index (χ2v) is 5.90. The van der Waals surface area contributed by atoms with Crippen molar-refractivity contribution in [3.63, 3.8) is 0 Å². The van der Waals surface area contributed by atoms with Crippen molar-refractivity contribution in [2.24, 2.45) is 0 Å². The van der Waals surface area contributed by atoms with Gasteiger partial charge in [-0.05, 0) is 31.2 Å². The van der Waals surface area contributed by atoms with Crippen molar-refractivity contribution in [2.45, 2.75) is 13.0 Å². The van der Waals surface area contributed by atoms with Crippen molar-refractivity contribution >= 4 is 28.9 Å². The third-order valence-electron chi connectivity index (χ3n) is 3.64. The normalized spacial score (nSPS) is 11.4. The number of carbonyl (C=O) groups is 2. The summed E-state index contributed by atoms with van der Waals surface area (Å²) in [5.41, 5.74) is 0.305. The first-order chi connectivity index (χ1) is 12.7. The summed E-state index contributed by atoms with van der Waals surface area (Å²) in [7, 11) is 3.33. The Kier molecular flexibility index (Phi) is 6.07. The molecule has 0 heterocycles. The third kappa shape index (κ3) is 5.00. The van der Waals surface area contributed by atoms with E-state index in [1.54, 1.807) is 19.0 Å². The Labute approximate surface area is 154 Å². The smallest absolute Gasteiger partial charge is 0.341 e. The standard InChI is InChI=1S/C18H18FN3O5/c1-11(17(23)20-13-6-4-5-12(19)9-13)27-18(24)15-10-14(22(25)26)7-8-16(15)21(2)3/h4-11H,1-3H3,(H,20,23)/t11-/m0/s1. The summed E-state index contributed by atoms with van der Waals surface area (Å²) >= 11 is 0. The zero-order valence-corrected chi connectivity index (χ0v) is 14.9. The number of amides is 1. The number of hydrogen-bond donors (Lipinski definition) is 1. The van der Waals surface area contributed by atoms with E-state index < -0.39 is 28.7 Å². The van der Waals surface area contributed by atoms with Gasteiger partial charge in [0, 0.05) is 31.9 Å². The first kappa shape index (κ1) is 19.8. The molecule has 0 radical (unpaired) electrons. The molecule has 2 rings (SSSR count). The van der Waals surface area contributed by atoms with Gasteiger partial charge in [0.1, 0.15) is 5.82 Å². The lowest BCUT2D eigenvalue weighted by atomic mass is 10.1. The average molecular weight is 375 g/mol. The number of hydrogen-bond acceptors (Lipinski definition) is 6. The molecule has 9 heteroatoms. The summed E-state index contributed by atoms with van der Waals surface area (Å²) in [6.07, 6.45) is -1.20. The van der Waals surface area contributed by atoms with Crippen molar-refractivity contribution in [1.82, 2.24) is 0 Å². The fourth-order valence-electron chi connectivity index (χ4n) is 2.28. The number of anilines is 2. The number of carbonyl (C=O) groups excluding carboxylic acids is 2. The van der Waals surface area contributed by atoms with E-state index in [1.165, 1.54) is 37.3 Å². The molecular weight excluding hydrogens is 357 g/mol. The number of benzene rings is 2. The summed E-state index contributed by atoms with van der Waals surface area (Å²) in [5.74, 6) is -2.07. The van der Waals surface area contributed by atoms with Crippen LogP contribution in [0.1, 0.15) is 17.3 Å². The minimum absolute atomic E-state index is 0.0420. The SMILES string of the molecule is C[C@H](OC(=O)c1cc([N+](=O)[O-])ccc1N(C)C)C(=O)Nc1cccc(F)c1. The van der Waals surface area contributed by atoms with Crippen LogP contribution in [0.4, 0.5) is 21.5 Å². The quantitative estimate of drug-likeness (QED) is 0.473. The van der Waals surface area contributed by atoms with Crippen LogP contribution in [-0.4, -0.2) is 37.0 Å². The van der Waals surface area contributed by atoms with E-state index in [0.717, 1.165) is 12.1 Å². The Morgan fingerprint density at radius 3 is 2.52 bits per heavy atom. The molecule has 1 atom stereocenters. The Balaban J connectivity index is 2.16. The van der Waals surface area contributed by atoms with Gasteiger partial charge in [0.05, 0.1) is 16.2 Å². The highest BCUT2D eigenvalue weighted by Gasteiger charge is 2.24. The third-order valence-corrected chi connectivity index (χ3v) is 3.64. The zero-order valence-electron chi connectivity index (χ0n) is 14.9. The number of nitrogens with one attached hydrogen (secondary N) is 1. The van der Waals surface area contributed by atoms with Crippen LogP contribution in [0.3, 0.4) is 0 Å². The molecule has 0 aliphatic rings. The summed E-state index contributed by atoms with van der Waals surface area (Å²) in [4.78, 5) is 36.5. The second-order valence-electron chi connectivity index (χ2n) is 5.90. The van der Waals surface area contributed by atoms with Crippen molar-refractivity contribution in [3.8, 4) is 0 Å². The number of nitro benzene ring substituents is 1. The summed E-state index contributed by atoms with van der Waals surface area (Å²) in [5, 5.41) is 13.4. The van der Waals surface area contributed by atoms with E-state index in [2.05, 4.69) is 5.32 Å². The highest BCUT2D eigenvalue weighted by atomic mass is 19.1. The van der Waals surface area contributed by atoms with Crippen LogP contribution in [0.15, 0.2) is 42.5 Å². The minimum atomic E-state index is -1.20. The first-order valence-electron chi connectivity index (χ1n) is 7.92. The van der Waals surface area contributed by atoms with Gasteiger partial charge in [-0.15, -0.1) is 0 Å². The van der Waals surface area contributed by atoms with E-state index in [0.29, 0.717) is 5.69 Å². The number of halogens is 1. The van der Waals surface area contributed by atoms with Gasteiger partial charge in [-0.2, -0.15) is 0 Å². The lowest BCUT2D eigenvalue weighted by molar-refractivity contribution is -0.384. The number of esters is 1. The molecule has 0 saturated heterocycles. The van der Waals surface area contributed by atoms with Gasteiger partial charge in [0.2, 0.25) is 0 Å². The van der Waals surface area contributed by atoms with Gasteiger partial charge >= 0.3 is 5.97 Å². The maximum absolute atomic E-state index is 13.2. The molecule has 0 bridgehead atoms. The van der Waals surface area contributed by atoms with Gasteiger partial charge in [-0.1, -0.05) is 6.07 Å². The van der Waals surface area contributed by atoms with Crippen molar-refractivity contribution in [1.29, 1.82) is 0 Å². The molecule has 0 saturated carbocycles. The predicted molar refractivity (Wildman–Crippen MR) is 97.3 cm³/mol. The number of nitrogens with zero attached hydrogens (tertiary/aromatic N) is 2.